The van der Waals surface area contributed by atoms with Crippen LogP contribution in [-0.4, -0.2) is 31.1 Å². The molecule has 0 radical (unpaired) electrons. The Bertz CT molecular complexity index is 383. The van der Waals surface area contributed by atoms with Gasteiger partial charge in [-0.2, -0.15) is 0 Å². The summed E-state index contributed by atoms with van der Waals surface area (Å²) in [6.07, 6.45) is 3.53. The summed E-state index contributed by atoms with van der Waals surface area (Å²) in [5, 5.41) is 3.02. The fourth-order valence-corrected chi connectivity index (χ4v) is 2.78. The van der Waals surface area contributed by atoms with Crippen LogP contribution in [0.2, 0.25) is 0 Å². The van der Waals surface area contributed by atoms with Gasteiger partial charge in [0.15, 0.2) is 0 Å². The topological polar surface area (TPSA) is 15.3 Å². The van der Waals surface area contributed by atoms with Crippen molar-refractivity contribution in [1.82, 2.24) is 4.90 Å². The molecule has 1 fully saturated rings. The normalized spacial score (nSPS) is 16.2. The van der Waals surface area contributed by atoms with Gasteiger partial charge < -0.3 is 10.2 Å². The first-order chi connectivity index (χ1) is 8.66. The predicted molar refractivity (Wildman–Crippen MR) is 72.8 cm³/mol. The molecule has 0 unspecified atom stereocenters. The highest BCUT2D eigenvalue weighted by Gasteiger charge is 2.11. The Morgan fingerprint density at radius 1 is 1.22 bits per heavy atom. The van der Waals surface area contributed by atoms with E-state index in [1.54, 1.807) is 0 Å². The van der Waals surface area contributed by atoms with E-state index in [9.17, 15) is 8.78 Å². The van der Waals surface area contributed by atoms with Crippen molar-refractivity contribution in [2.24, 2.45) is 0 Å². The first-order valence-electron chi connectivity index (χ1n) is 6.27. The van der Waals surface area contributed by atoms with E-state index in [0.717, 1.165) is 19.0 Å². The average molecular weight is 319 g/mol. The number of rotatable bonds is 5. The molecule has 1 N–H and O–H groups in total. The lowest BCUT2D eigenvalue weighted by molar-refractivity contribution is 0.337. The molecule has 2 rings (SSSR count). The van der Waals surface area contributed by atoms with Crippen molar-refractivity contribution in [1.29, 1.82) is 0 Å². The molecule has 1 aromatic carbocycles. The van der Waals surface area contributed by atoms with Gasteiger partial charge in [0.2, 0.25) is 0 Å². The molecule has 0 aliphatic carbocycles. The van der Waals surface area contributed by atoms with E-state index in [1.165, 1.54) is 32.0 Å². The predicted octanol–water partition coefficient (Wildman–Crippen LogP) is 3.63. The zero-order valence-electron chi connectivity index (χ0n) is 10.2. The minimum absolute atomic E-state index is 0.345. The fraction of sp³-hybridized carbons (Fsp3) is 0.538. The lowest BCUT2D eigenvalue weighted by Crippen LogP contribution is -2.22. The minimum atomic E-state index is -0.568. The Labute approximate surface area is 114 Å². The van der Waals surface area contributed by atoms with Crippen molar-refractivity contribution in [2.75, 3.05) is 31.5 Å². The summed E-state index contributed by atoms with van der Waals surface area (Å²) in [4.78, 5) is 2.41. The van der Waals surface area contributed by atoms with E-state index in [0.29, 0.717) is 16.7 Å². The van der Waals surface area contributed by atoms with Gasteiger partial charge in [0.05, 0.1) is 5.69 Å². The van der Waals surface area contributed by atoms with Crippen LogP contribution in [-0.2, 0) is 0 Å². The molecule has 5 heteroatoms. The second-order valence-electron chi connectivity index (χ2n) is 4.57. The van der Waals surface area contributed by atoms with E-state index in [-0.39, 0.29) is 0 Å². The minimum Gasteiger partial charge on any atom is -0.382 e. The highest BCUT2D eigenvalue weighted by molar-refractivity contribution is 9.10. The second kappa shape index (κ2) is 6.48. The Balaban J connectivity index is 1.79. The summed E-state index contributed by atoms with van der Waals surface area (Å²) in [6, 6.07) is 2.17. The largest absolute Gasteiger partial charge is 0.382 e. The highest BCUT2D eigenvalue weighted by atomic mass is 79.9. The van der Waals surface area contributed by atoms with Crippen molar-refractivity contribution in [3.8, 4) is 0 Å². The van der Waals surface area contributed by atoms with Crippen LogP contribution in [0.25, 0.3) is 0 Å². The van der Waals surface area contributed by atoms with Crippen molar-refractivity contribution in [3.05, 3.63) is 28.2 Å². The number of nitrogens with one attached hydrogen (secondary N) is 1. The lowest BCUT2D eigenvalue weighted by Gasteiger charge is -2.15. The van der Waals surface area contributed by atoms with Gasteiger partial charge in [-0.3, -0.25) is 0 Å². The smallest absolute Gasteiger partial charge is 0.150 e. The number of anilines is 1. The van der Waals surface area contributed by atoms with Gasteiger partial charge in [0.1, 0.15) is 11.6 Å². The van der Waals surface area contributed by atoms with Crippen LogP contribution in [0, 0.1) is 11.6 Å². The molecule has 0 spiro atoms. The van der Waals surface area contributed by atoms with Crippen molar-refractivity contribution in [2.45, 2.75) is 19.3 Å². The van der Waals surface area contributed by atoms with E-state index in [2.05, 4.69) is 26.1 Å². The van der Waals surface area contributed by atoms with Crippen LogP contribution in [0.4, 0.5) is 14.5 Å². The molecule has 0 saturated carbocycles. The summed E-state index contributed by atoms with van der Waals surface area (Å²) in [6.45, 7) is 4.08. The summed E-state index contributed by atoms with van der Waals surface area (Å²) >= 11 is 3.16. The summed E-state index contributed by atoms with van der Waals surface area (Å²) < 4.78 is 26.8. The Hall–Kier alpha value is -0.680. The van der Waals surface area contributed by atoms with Crippen LogP contribution in [0.5, 0.6) is 0 Å². The quantitative estimate of drug-likeness (QED) is 0.834. The Morgan fingerprint density at radius 2 is 1.94 bits per heavy atom. The van der Waals surface area contributed by atoms with Crippen LogP contribution in [0.1, 0.15) is 19.3 Å². The van der Waals surface area contributed by atoms with E-state index < -0.39 is 11.6 Å². The molecule has 1 saturated heterocycles. The maximum atomic E-state index is 13.5. The van der Waals surface area contributed by atoms with Gasteiger partial charge in [-0.15, -0.1) is 0 Å². The summed E-state index contributed by atoms with van der Waals surface area (Å²) in [5.41, 5.74) is 0.345. The molecule has 18 heavy (non-hydrogen) atoms. The van der Waals surface area contributed by atoms with Crippen LogP contribution in [0.15, 0.2) is 16.6 Å². The number of likely N-dealkylation sites (tertiary alicyclic amines) is 1. The number of nitrogens with zero attached hydrogens (tertiary/aromatic N) is 1. The molecule has 0 aromatic heterocycles. The standard InChI is InChI=1S/C13H17BrF2N2/c14-11-8-10(15)9-12(16)13(11)17-4-3-7-18-5-1-2-6-18/h8-9,17H,1-7H2. The van der Waals surface area contributed by atoms with Crippen LogP contribution < -0.4 is 5.32 Å². The molecule has 1 heterocycles. The van der Waals surface area contributed by atoms with Gasteiger partial charge in [-0.05, 0) is 60.9 Å². The maximum Gasteiger partial charge on any atom is 0.150 e. The highest BCUT2D eigenvalue weighted by Crippen LogP contribution is 2.26. The number of hydrogen-bond donors (Lipinski definition) is 1. The van der Waals surface area contributed by atoms with Gasteiger partial charge in [-0.25, -0.2) is 8.78 Å². The Morgan fingerprint density at radius 3 is 2.61 bits per heavy atom. The van der Waals surface area contributed by atoms with Crippen LogP contribution >= 0.6 is 15.9 Å². The molecule has 0 bridgehead atoms. The van der Waals surface area contributed by atoms with Crippen molar-refractivity contribution >= 4 is 21.6 Å². The first kappa shape index (κ1) is 13.7. The molecule has 1 aromatic rings. The van der Waals surface area contributed by atoms with Gasteiger partial charge in [-0.1, -0.05) is 0 Å². The van der Waals surface area contributed by atoms with Gasteiger partial charge in [0.25, 0.3) is 0 Å². The van der Waals surface area contributed by atoms with Crippen molar-refractivity contribution in [3.63, 3.8) is 0 Å². The molecular weight excluding hydrogens is 302 g/mol. The molecule has 1 aliphatic rings. The summed E-state index contributed by atoms with van der Waals surface area (Å²) in [5.74, 6) is -1.12. The summed E-state index contributed by atoms with van der Waals surface area (Å²) in [7, 11) is 0. The van der Waals surface area contributed by atoms with E-state index in [1.807, 2.05) is 0 Å². The Kier molecular flexibility index (Phi) is 4.95. The number of benzene rings is 1. The third-order valence-electron chi connectivity index (χ3n) is 3.16. The number of hydrogen-bond acceptors (Lipinski definition) is 2. The third-order valence-corrected chi connectivity index (χ3v) is 3.78. The lowest BCUT2D eigenvalue weighted by atomic mass is 10.3. The van der Waals surface area contributed by atoms with Gasteiger partial charge in [0, 0.05) is 17.1 Å². The average Bonchev–Trinajstić information content (AvgIpc) is 2.79. The van der Waals surface area contributed by atoms with Crippen molar-refractivity contribution < 1.29 is 8.78 Å². The SMILES string of the molecule is Fc1cc(F)c(NCCCN2CCCC2)c(Br)c1. The van der Waals surface area contributed by atoms with Crippen LogP contribution in [0.3, 0.4) is 0 Å². The van der Waals surface area contributed by atoms with E-state index >= 15 is 0 Å². The number of halogens is 3. The zero-order chi connectivity index (χ0) is 13.0. The zero-order valence-corrected chi connectivity index (χ0v) is 11.8. The third kappa shape index (κ3) is 3.65. The molecule has 0 atom stereocenters. The maximum absolute atomic E-state index is 13.5. The first-order valence-corrected chi connectivity index (χ1v) is 7.07. The molecule has 0 amide bonds. The molecule has 1 aliphatic heterocycles. The fourth-order valence-electron chi connectivity index (χ4n) is 2.23. The second-order valence-corrected chi connectivity index (χ2v) is 5.43. The molecule has 2 nitrogen and oxygen atoms in total. The monoisotopic (exact) mass is 318 g/mol. The molecular formula is C13H17BrF2N2. The molecule has 100 valence electrons. The van der Waals surface area contributed by atoms with E-state index in [4.69, 9.17) is 0 Å². The van der Waals surface area contributed by atoms with Gasteiger partial charge >= 0.3 is 0 Å².